The van der Waals surface area contributed by atoms with Gasteiger partial charge in [0.2, 0.25) is 0 Å². The molecule has 3 aliphatic rings. The van der Waals surface area contributed by atoms with Gasteiger partial charge in [-0.3, -0.25) is 4.99 Å². The van der Waals surface area contributed by atoms with E-state index < -0.39 is 17.3 Å². The fourth-order valence-electron chi connectivity index (χ4n) is 5.73. The highest BCUT2D eigenvalue weighted by Gasteiger charge is 2.61. The van der Waals surface area contributed by atoms with Gasteiger partial charge in [-0.15, -0.1) is 0 Å². The first-order valence-corrected chi connectivity index (χ1v) is 10.8. The summed E-state index contributed by atoms with van der Waals surface area (Å²) in [5.41, 5.74) is 8.01. The predicted molar refractivity (Wildman–Crippen MR) is 118 cm³/mol. The Morgan fingerprint density at radius 3 is 2.50 bits per heavy atom. The van der Waals surface area contributed by atoms with Gasteiger partial charge in [-0.25, -0.2) is 13.8 Å². The number of nitrogens with zero attached hydrogens (tertiary/aromatic N) is 3. The van der Waals surface area contributed by atoms with Crippen molar-refractivity contribution in [2.75, 3.05) is 7.11 Å². The molecular weight excluding hydrogens is 410 g/mol. The lowest BCUT2D eigenvalue weighted by molar-refractivity contribution is -0.000374. The second kappa shape index (κ2) is 7.21. The van der Waals surface area contributed by atoms with Gasteiger partial charge in [-0.1, -0.05) is 0 Å². The first-order chi connectivity index (χ1) is 15.3. The van der Waals surface area contributed by atoms with E-state index in [2.05, 4.69) is 0 Å². The molecule has 5 nitrogen and oxygen atoms in total. The summed E-state index contributed by atoms with van der Waals surface area (Å²) in [5.74, 6) is -0.638. The van der Waals surface area contributed by atoms with Crippen molar-refractivity contribution in [1.29, 1.82) is 5.26 Å². The summed E-state index contributed by atoms with van der Waals surface area (Å²) < 4.78 is 35.0. The van der Waals surface area contributed by atoms with Crippen LogP contribution in [0.3, 0.4) is 0 Å². The number of ether oxygens (including phenoxy) is 1. The van der Waals surface area contributed by atoms with Crippen LogP contribution >= 0.6 is 0 Å². The lowest BCUT2D eigenvalue weighted by Crippen LogP contribution is -2.43. The van der Waals surface area contributed by atoms with Gasteiger partial charge in [0.05, 0.1) is 23.4 Å². The highest BCUT2D eigenvalue weighted by Crippen LogP contribution is 2.62. The summed E-state index contributed by atoms with van der Waals surface area (Å²) in [7, 11) is 1.73. The molecule has 2 aromatic rings. The molecule has 5 rings (SSSR count). The van der Waals surface area contributed by atoms with Gasteiger partial charge in [-0.2, -0.15) is 5.26 Å². The van der Waals surface area contributed by atoms with Gasteiger partial charge in [0.1, 0.15) is 17.5 Å². The topological polar surface area (TPSA) is 83.8 Å². The Hall–Kier alpha value is -3.11. The van der Waals surface area contributed by atoms with Crippen molar-refractivity contribution in [2.45, 2.75) is 50.8 Å². The Labute approximate surface area is 185 Å². The van der Waals surface area contributed by atoms with E-state index in [9.17, 15) is 9.65 Å². The van der Waals surface area contributed by atoms with Gasteiger partial charge in [0.15, 0.2) is 5.66 Å². The Morgan fingerprint density at radius 1 is 1.12 bits per heavy atom. The quantitative estimate of drug-likeness (QED) is 0.749. The number of hydrogen-bond acceptors (Lipinski definition) is 5. The summed E-state index contributed by atoms with van der Waals surface area (Å²) in [6.07, 6.45) is 4.27. The number of nitriles is 1. The zero-order chi connectivity index (χ0) is 22.7. The van der Waals surface area contributed by atoms with Crippen LogP contribution in [0.4, 0.5) is 8.78 Å². The second-order valence-electron chi connectivity index (χ2n) is 9.09. The predicted octanol–water partition coefficient (Wildman–Crippen LogP) is 4.62. The molecule has 7 heteroatoms. The zero-order valence-electron chi connectivity index (χ0n) is 18.1. The molecule has 1 fully saturated rings. The molecule has 0 amide bonds. The van der Waals surface area contributed by atoms with Crippen LogP contribution in [0.2, 0.25) is 0 Å². The van der Waals surface area contributed by atoms with Crippen molar-refractivity contribution < 1.29 is 13.5 Å². The van der Waals surface area contributed by atoms with E-state index in [1.54, 1.807) is 13.2 Å². The van der Waals surface area contributed by atoms with Crippen LogP contribution in [-0.4, -0.2) is 24.8 Å². The number of benzene rings is 2. The minimum Gasteiger partial charge on any atom is -0.382 e. The number of halogens is 2. The van der Waals surface area contributed by atoms with Crippen molar-refractivity contribution in [3.8, 4) is 17.2 Å². The Bertz CT molecular complexity index is 1200. The molecule has 164 valence electrons. The Morgan fingerprint density at radius 2 is 1.88 bits per heavy atom. The van der Waals surface area contributed by atoms with Crippen LogP contribution < -0.4 is 5.73 Å². The number of amidine groups is 1. The van der Waals surface area contributed by atoms with Crippen LogP contribution in [0.5, 0.6) is 0 Å². The first kappa shape index (κ1) is 20.8. The van der Waals surface area contributed by atoms with E-state index in [0.29, 0.717) is 23.5 Å². The molecule has 1 atom stereocenters. The summed E-state index contributed by atoms with van der Waals surface area (Å²) in [4.78, 5) is 9.87. The average molecular weight is 434 g/mol. The molecule has 0 bridgehead atoms. The summed E-state index contributed by atoms with van der Waals surface area (Å²) in [5, 5.41) is 9.22. The van der Waals surface area contributed by atoms with Crippen LogP contribution in [-0.2, 0) is 16.8 Å². The second-order valence-corrected chi connectivity index (χ2v) is 9.09. The molecule has 2 aliphatic carbocycles. The van der Waals surface area contributed by atoms with Gasteiger partial charge in [0.25, 0.3) is 0 Å². The van der Waals surface area contributed by atoms with E-state index in [1.165, 1.54) is 18.2 Å². The van der Waals surface area contributed by atoms with E-state index in [4.69, 9.17) is 20.5 Å². The number of aliphatic imine (C=N–C) groups is 2. The fraction of sp³-hybridized carbons (Fsp3) is 0.400. The van der Waals surface area contributed by atoms with Crippen LogP contribution in [0.1, 0.15) is 49.3 Å². The minimum absolute atomic E-state index is 0.140. The van der Waals surface area contributed by atoms with E-state index in [1.807, 2.05) is 13.0 Å². The molecule has 1 heterocycles. The fourth-order valence-corrected chi connectivity index (χ4v) is 5.73. The van der Waals surface area contributed by atoms with Crippen LogP contribution in [0, 0.1) is 28.4 Å². The van der Waals surface area contributed by atoms with Crippen molar-refractivity contribution >= 4 is 11.5 Å². The third-order valence-electron chi connectivity index (χ3n) is 7.38. The molecule has 2 N–H and O–H groups in total. The number of methoxy groups -OCH3 is 1. The molecule has 1 saturated carbocycles. The maximum atomic E-state index is 15.3. The lowest BCUT2D eigenvalue weighted by Gasteiger charge is -2.44. The molecular formula is C25H24F2N4O. The molecule has 1 aliphatic heterocycles. The largest absolute Gasteiger partial charge is 0.382 e. The first-order valence-electron chi connectivity index (χ1n) is 10.8. The van der Waals surface area contributed by atoms with E-state index >= 15 is 4.39 Å². The maximum absolute atomic E-state index is 15.3. The molecule has 32 heavy (non-hydrogen) atoms. The van der Waals surface area contributed by atoms with Gasteiger partial charge < -0.3 is 10.5 Å². The smallest absolute Gasteiger partial charge is 0.184 e. The van der Waals surface area contributed by atoms with Crippen LogP contribution in [0.15, 0.2) is 40.3 Å². The SMILES string of the molecule is COC1CCC2(CC1)Cc1cc(F)c(-c3cc(F)cc(C#N)c3)cc1[C@]21N=C(C)C(N)=N1. The highest BCUT2D eigenvalue weighted by molar-refractivity contribution is 6.41. The average Bonchev–Trinajstić information content (AvgIpc) is 3.20. The third kappa shape index (κ3) is 2.90. The summed E-state index contributed by atoms with van der Waals surface area (Å²) >= 11 is 0. The van der Waals surface area contributed by atoms with Gasteiger partial charge in [-0.05, 0) is 80.5 Å². The Balaban J connectivity index is 1.69. The number of rotatable bonds is 2. The molecule has 2 spiro atoms. The van der Waals surface area contributed by atoms with Gasteiger partial charge in [0, 0.05) is 23.7 Å². The Kier molecular flexibility index (Phi) is 4.68. The zero-order valence-corrected chi connectivity index (χ0v) is 18.1. The highest BCUT2D eigenvalue weighted by atomic mass is 19.1. The van der Waals surface area contributed by atoms with Crippen LogP contribution in [0.25, 0.3) is 11.1 Å². The van der Waals surface area contributed by atoms with Crippen molar-refractivity contribution in [2.24, 2.45) is 21.1 Å². The third-order valence-corrected chi connectivity index (χ3v) is 7.38. The number of fused-ring (bicyclic) bond motifs is 3. The summed E-state index contributed by atoms with van der Waals surface area (Å²) in [6, 6.07) is 9.06. The molecule has 0 saturated heterocycles. The van der Waals surface area contributed by atoms with E-state index in [0.717, 1.165) is 42.9 Å². The molecule has 2 aromatic carbocycles. The molecule has 0 aromatic heterocycles. The van der Waals surface area contributed by atoms with Crippen molar-refractivity contribution in [1.82, 2.24) is 0 Å². The normalized spacial score (nSPS) is 28.5. The number of nitrogens with two attached hydrogens (primary N) is 1. The number of hydrogen-bond donors (Lipinski definition) is 1. The lowest BCUT2D eigenvalue weighted by atomic mass is 9.65. The summed E-state index contributed by atoms with van der Waals surface area (Å²) in [6.45, 7) is 1.84. The monoisotopic (exact) mass is 434 g/mol. The molecule has 0 radical (unpaired) electrons. The van der Waals surface area contributed by atoms with Gasteiger partial charge >= 0.3 is 0 Å². The molecule has 0 unspecified atom stereocenters. The van der Waals surface area contributed by atoms with E-state index in [-0.39, 0.29) is 22.6 Å². The standard InChI is InChI=1S/C25H24F2N4O/c1-14-23(29)31-25(30-14)21-11-20(16-7-15(13-28)8-18(26)9-16)22(27)10-17(21)12-24(25)5-3-19(32-2)4-6-24/h7-11,19H,3-6,12H2,1-2H3,(H2,29,31)/t19?,24?,25-/m1/s1. The van der Waals surface area contributed by atoms with Crippen molar-refractivity contribution in [3.63, 3.8) is 0 Å². The minimum atomic E-state index is -0.914. The maximum Gasteiger partial charge on any atom is 0.184 e. The van der Waals surface area contributed by atoms with Crippen molar-refractivity contribution in [3.05, 3.63) is 58.7 Å².